The van der Waals surface area contributed by atoms with Crippen molar-refractivity contribution in [3.05, 3.63) is 59.2 Å². The number of halogens is 3. The number of alkyl halides is 3. The third-order valence-corrected chi connectivity index (χ3v) is 3.37. The minimum atomic E-state index is -4.48. The Hall–Kier alpha value is -2.41. The van der Waals surface area contributed by atoms with E-state index in [1.807, 2.05) is 20.8 Å². The molecule has 0 aliphatic heterocycles. The summed E-state index contributed by atoms with van der Waals surface area (Å²) < 4.78 is 45.0. The fourth-order valence-corrected chi connectivity index (χ4v) is 2.22. The van der Waals surface area contributed by atoms with Gasteiger partial charge in [0.05, 0.1) is 5.56 Å². The molecule has 0 saturated heterocycles. The van der Waals surface area contributed by atoms with Gasteiger partial charge in [-0.05, 0) is 29.7 Å². The molecule has 23 heavy (non-hydrogen) atoms. The molecule has 0 aromatic heterocycles. The molecule has 0 radical (unpaired) electrons. The van der Waals surface area contributed by atoms with Crippen molar-refractivity contribution < 1.29 is 17.9 Å². The van der Waals surface area contributed by atoms with Crippen molar-refractivity contribution in [3.8, 4) is 23.8 Å². The monoisotopic (exact) mass is 318 g/mol. The van der Waals surface area contributed by atoms with E-state index < -0.39 is 11.7 Å². The number of rotatable bonds is 2. The highest BCUT2D eigenvalue weighted by Crippen LogP contribution is 2.40. The van der Waals surface area contributed by atoms with Gasteiger partial charge in [0, 0.05) is 11.1 Å². The average molecular weight is 318 g/mol. The molecule has 0 saturated carbocycles. The maximum Gasteiger partial charge on any atom is 0.419 e. The molecule has 2 rings (SSSR count). The van der Waals surface area contributed by atoms with Crippen molar-refractivity contribution in [2.45, 2.75) is 32.4 Å². The Morgan fingerprint density at radius 2 is 1.57 bits per heavy atom. The van der Waals surface area contributed by atoms with Crippen LogP contribution in [0, 0.1) is 12.3 Å². The molecule has 0 bridgehead atoms. The summed E-state index contributed by atoms with van der Waals surface area (Å²) in [5.41, 5.74) is 0.229. The first-order valence-electron chi connectivity index (χ1n) is 7.08. The minimum absolute atomic E-state index is 0.236. The van der Waals surface area contributed by atoms with Crippen molar-refractivity contribution >= 4 is 0 Å². The molecule has 120 valence electrons. The van der Waals surface area contributed by atoms with Gasteiger partial charge in [-0.25, -0.2) is 0 Å². The fraction of sp³-hybridized carbons (Fsp3) is 0.263. The van der Waals surface area contributed by atoms with Gasteiger partial charge in [0.2, 0.25) is 0 Å². The van der Waals surface area contributed by atoms with Crippen LogP contribution in [0.2, 0.25) is 0 Å². The first kappa shape index (κ1) is 17.0. The SMILES string of the molecule is C#Cc1ccc(C(C)(C)C)c(Oc2ccccc2C(F)(F)F)c1. The highest BCUT2D eigenvalue weighted by atomic mass is 19.4. The molecule has 0 fully saturated rings. The summed E-state index contributed by atoms with van der Waals surface area (Å²) in [7, 11) is 0. The topological polar surface area (TPSA) is 9.23 Å². The van der Waals surface area contributed by atoms with E-state index in [-0.39, 0.29) is 11.2 Å². The van der Waals surface area contributed by atoms with Crippen molar-refractivity contribution in [2.75, 3.05) is 0 Å². The second kappa shape index (κ2) is 6.00. The molecule has 1 nitrogen and oxygen atoms in total. The lowest BCUT2D eigenvalue weighted by atomic mass is 9.86. The summed E-state index contributed by atoms with van der Waals surface area (Å²) in [4.78, 5) is 0. The van der Waals surface area contributed by atoms with Crippen LogP contribution in [0.15, 0.2) is 42.5 Å². The third kappa shape index (κ3) is 3.87. The number of hydrogen-bond acceptors (Lipinski definition) is 1. The smallest absolute Gasteiger partial charge is 0.419 e. The van der Waals surface area contributed by atoms with Gasteiger partial charge in [-0.3, -0.25) is 0 Å². The van der Waals surface area contributed by atoms with Gasteiger partial charge in [0.15, 0.2) is 0 Å². The van der Waals surface area contributed by atoms with Crippen LogP contribution in [0.1, 0.15) is 37.5 Å². The van der Waals surface area contributed by atoms with E-state index in [0.29, 0.717) is 11.3 Å². The first-order chi connectivity index (χ1) is 10.6. The Labute approximate surface area is 134 Å². The van der Waals surface area contributed by atoms with Gasteiger partial charge in [0.1, 0.15) is 11.5 Å². The van der Waals surface area contributed by atoms with Gasteiger partial charge in [-0.1, -0.05) is 44.9 Å². The summed E-state index contributed by atoms with van der Waals surface area (Å²) in [5, 5.41) is 0. The molecule has 2 aromatic rings. The van der Waals surface area contributed by atoms with Crippen LogP contribution in [-0.4, -0.2) is 0 Å². The number of para-hydroxylation sites is 1. The molecule has 0 aliphatic carbocycles. The second-order valence-electron chi connectivity index (χ2n) is 6.20. The maximum atomic E-state index is 13.1. The number of ether oxygens (including phenoxy) is 1. The summed E-state index contributed by atoms with van der Waals surface area (Å²) >= 11 is 0. The van der Waals surface area contributed by atoms with E-state index in [1.165, 1.54) is 18.2 Å². The maximum absolute atomic E-state index is 13.1. The molecule has 0 spiro atoms. The molecule has 0 aliphatic rings. The van der Waals surface area contributed by atoms with Crippen molar-refractivity contribution in [1.82, 2.24) is 0 Å². The van der Waals surface area contributed by atoms with Crippen LogP contribution < -0.4 is 4.74 Å². The molecule has 0 N–H and O–H groups in total. The third-order valence-electron chi connectivity index (χ3n) is 3.37. The molecule has 0 heterocycles. The molecule has 0 amide bonds. The second-order valence-corrected chi connectivity index (χ2v) is 6.20. The first-order valence-corrected chi connectivity index (χ1v) is 7.08. The van der Waals surface area contributed by atoms with E-state index in [0.717, 1.165) is 11.6 Å². The predicted octanol–water partition coefficient (Wildman–Crippen LogP) is 5.78. The Balaban J connectivity index is 2.55. The van der Waals surface area contributed by atoms with E-state index in [2.05, 4.69) is 5.92 Å². The zero-order valence-corrected chi connectivity index (χ0v) is 13.2. The highest BCUT2D eigenvalue weighted by molar-refractivity contribution is 5.49. The Kier molecular flexibility index (Phi) is 4.42. The summed E-state index contributed by atoms with van der Waals surface area (Å²) in [6.45, 7) is 5.88. The average Bonchev–Trinajstić information content (AvgIpc) is 2.45. The highest BCUT2D eigenvalue weighted by Gasteiger charge is 2.34. The Bertz CT molecular complexity index is 746. The van der Waals surface area contributed by atoms with E-state index in [9.17, 15) is 13.2 Å². The minimum Gasteiger partial charge on any atom is -0.456 e. The quantitative estimate of drug-likeness (QED) is 0.638. The molecule has 0 unspecified atom stereocenters. The van der Waals surface area contributed by atoms with Crippen LogP contribution in [0.4, 0.5) is 13.2 Å². The van der Waals surface area contributed by atoms with Crippen molar-refractivity contribution in [2.24, 2.45) is 0 Å². The number of terminal acetylenes is 1. The van der Waals surface area contributed by atoms with E-state index >= 15 is 0 Å². The van der Waals surface area contributed by atoms with Crippen molar-refractivity contribution in [3.63, 3.8) is 0 Å². The zero-order chi connectivity index (χ0) is 17.3. The molecular formula is C19H17F3O. The lowest BCUT2D eigenvalue weighted by Gasteiger charge is -2.23. The van der Waals surface area contributed by atoms with Gasteiger partial charge in [-0.2, -0.15) is 13.2 Å². The summed E-state index contributed by atoms with van der Waals surface area (Å²) in [6.07, 6.45) is 0.901. The summed E-state index contributed by atoms with van der Waals surface area (Å²) in [6, 6.07) is 10.3. The molecule has 4 heteroatoms. The van der Waals surface area contributed by atoms with Crippen LogP contribution in [-0.2, 0) is 11.6 Å². The van der Waals surface area contributed by atoms with Crippen LogP contribution >= 0.6 is 0 Å². The zero-order valence-electron chi connectivity index (χ0n) is 13.2. The van der Waals surface area contributed by atoms with E-state index in [1.54, 1.807) is 18.2 Å². The fourth-order valence-electron chi connectivity index (χ4n) is 2.22. The van der Waals surface area contributed by atoms with Crippen molar-refractivity contribution in [1.29, 1.82) is 0 Å². The van der Waals surface area contributed by atoms with Crippen LogP contribution in [0.5, 0.6) is 11.5 Å². The lowest BCUT2D eigenvalue weighted by Crippen LogP contribution is -2.13. The Morgan fingerprint density at radius 1 is 0.913 bits per heavy atom. The molecule has 2 aromatic carbocycles. The summed E-state index contributed by atoms with van der Waals surface area (Å²) in [5.74, 6) is 2.58. The van der Waals surface area contributed by atoms with Gasteiger partial charge < -0.3 is 4.74 Å². The predicted molar refractivity (Wildman–Crippen MR) is 84.6 cm³/mol. The van der Waals surface area contributed by atoms with Gasteiger partial charge in [0.25, 0.3) is 0 Å². The van der Waals surface area contributed by atoms with Gasteiger partial charge >= 0.3 is 6.18 Å². The lowest BCUT2D eigenvalue weighted by molar-refractivity contribution is -0.138. The normalized spacial score (nSPS) is 11.9. The van der Waals surface area contributed by atoms with E-state index in [4.69, 9.17) is 11.2 Å². The standard InChI is InChI=1S/C19H17F3O/c1-5-13-10-11-14(18(2,3)4)17(12-13)23-16-9-7-6-8-15(16)19(20,21)22/h1,6-12H,2-4H3. The molecule has 0 atom stereocenters. The Morgan fingerprint density at radius 3 is 2.13 bits per heavy atom. The largest absolute Gasteiger partial charge is 0.456 e. The van der Waals surface area contributed by atoms with Crippen LogP contribution in [0.25, 0.3) is 0 Å². The molecular weight excluding hydrogens is 301 g/mol. The number of hydrogen-bond donors (Lipinski definition) is 0. The van der Waals surface area contributed by atoms with Gasteiger partial charge in [-0.15, -0.1) is 6.42 Å². The van der Waals surface area contributed by atoms with Crippen LogP contribution in [0.3, 0.4) is 0 Å². The number of benzene rings is 2.